The van der Waals surface area contributed by atoms with Gasteiger partial charge >= 0.3 is 0 Å². The standard InChI is InChI=1S/C11H21N3O/c1-4-7-13-9(6-3)10(12)11(15)14(13)8-5-2/h4-8,12H2,1-3H3. The summed E-state index contributed by atoms with van der Waals surface area (Å²) >= 11 is 0. The van der Waals surface area contributed by atoms with Crippen LogP contribution >= 0.6 is 0 Å². The molecule has 0 aliphatic rings. The van der Waals surface area contributed by atoms with Crippen molar-refractivity contribution in [2.45, 2.75) is 53.1 Å². The van der Waals surface area contributed by atoms with Crippen molar-refractivity contribution in [3.05, 3.63) is 16.0 Å². The van der Waals surface area contributed by atoms with E-state index in [1.807, 2.05) is 11.6 Å². The molecule has 0 unspecified atom stereocenters. The lowest BCUT2D eigenvalue weighted by Gasteiger charge is -2.12. The summed E-state index contributed by atoms with van der Waals surface area (Å²) in [6.07, 6.45) is 2.79. The number of nitrogens with two attached hydrogens (primary N) is 1. The fourth-order valence-corrected chi connectivity index (χ4v) is 1.93. The molecule has 0 atom stereocenters. The average Bonchev–Trinajstić information content (AvgIpc) is 2.44. The van der Waals surface area contributed by atoms with E-state index in [1.54, 1.807) is 4.68 Å². The maximum Gasteiger partial charge on any atom is 0.290 e. The van der Waals surface area contributed by atoms with Crippen LogP contribution in [0.25, 0.3) is 0 Å². The summed E-state index contributed by atoms with van der Waals surface area (Å²) < 4.78 is 3.82. The van der Waals surface area contributed by atoms with Crippen LogP contribution in [-0.2, 0) is 19.5 Å². The summed E-state index contributed by atoms with van der Waals surface area (Å²) in [7, 11) is 0. The predicted molar refractivity (Wildman–Crippen MR) is 63.1 cm³/mol. The van der Waals surface area contributed by atoms with Crippen LogP contribution in [0.5, 0.6) is 0 Å². The Kier molecular flexibility index (Phi) is 4.00. The lowest BCUT2D eigenvalue weighted by molar-refractivity contribution is 0.424. The van der Waals surface area contributed by atoms with Crippen LogP contribution < -0.4 is 11.3 Å². The van der Waals surface area contributed by atoms with Crippen molar-refractivity contribution in [3.63, 3.8) is 0 Å². The van der Waals surface area contributed by atoms with Gasteiger partial charge in [0.25, 0.3) is 5.56 Å². The molecule has 4 nitrogen and oxygen atoms in total. The third-order valence-electron chi connectivity index (χ3n) is 2.58. The van der Waals surface area contributed by atoms with Gasteiger partial charge in [0.15, 0.2) is 0 Å². The summed E-state index contributed by atoms with van der Waals surface area (Å²) in [5.74, 6) is 0. The summed E-state index contributed by atoms with van der Waals surface area (Å²) in [6, 6.07) is 0. The zero-order chi connectivity index (χ0) is 11.4. The fraction of sp³-hybridized carbons (Fsp3) is 0.727. The first-order valence-electron chi connectivity index (χ1n) is 5.75. The highest BCUT2D eigenvalue weighted by Gasteiger charge is 2.14. The fourth-order valence-electron chi connectivity index (χ4n) is 1.93. The van der Waals surface area contributed by atoms with Gasteiger partial charge in [-0.15, -0.1) is 0 Å². The number of nitrogens with zero attached hydrogens (tertiary/aromatic N) is 2. The zero-order valence-corrected chi connectivity index (χ0v) is 9.92. The molecule has 15 heavy (non-hydrogen) atoms. The smallest absolute Gasteiger partial charge is 0.290 e. The Bertz CT molecular complexity index is 376. The molecular weight excluding hydrogens is 190 g/mol. The maximum absolute atomic E-state index is 11.9. The van der Waals surface area contributed by atoms with E-state index in [-0.39, 0.29) is 5.56 Å². The first-order valence-corrected chi connectivity index (χ1v) is 5.75. The molecule has 2 N–H and O–H groups in total. The van der Waals surface area contributed by atoms with E-state index < -0.39 is 0 Å². The molecule has 1 aromatic heterocycles. The van der Waals surface area contributed by atoms with E-state index >= 15 is 0 Å². The summed E-state index contributed by atoms with van der Waals surface area (Å²) in [6.45, 7) is 7.83. The SMILES string of the molecule is CCCn1c(CC)c(N)c(=O)n1CCC. The molecule has 1 heterocycles. The molecular formula is C11H21N3O. The highest BCUT2D eigenvalue weighted by molar-refractivity contribution is 5.41. The average molecular weight is 211 g/mol. The Morgan fingerprint density at radius 3 is 2.07 bits per heavy atom. The Morgan fingerprint density at radius 1 is 1.07 bits per heavy atom. The first kappa shape index (κ1) is 11.9. The minimum Gasteiger partial charge on any atom is -0.393 e. The highest BCUT2D eigenvalue weighted by Crippen LogP contribution is 2.10. The van der Waals surface area contributed by atoms with Crippen molar-refractivity contribution < 1.29 is 0 Å². The van der Waals surface area contributed by atoms with E-state index in [0.29, 0.717) is 5.69 Å². The van der Waals surface area contributed by atoms with E-state index in [4.69, 9.17) is 5.73 Å². The van der Waals surface area contributed by atoms with Crippen molar-refractivity contribution >= 4 is 5.69 Å². The molecule has 1 aromatic rings. The summed E-state index contributed by atoms with van der Waals surface area (Å²) in [5.41, 5.74) is 7.21. The topological polar surface area (TPSA) is 52.9 Å². The largest absolute Gasteiger partial charge is 0.393 e. The monoisotopic (exact) mass is 211 g/mol. The number of nitrogen functional groups attached to an aromatic ring is 1. The van der Waals surface area contributed by atoms with Gasteiger partial charge in [0.05, 0.1) is 5.69 Å². The Labute approximate surface area is 90.7 Å². The Hall–Kier alpha value is -1.19. The lowest BCUT2D eigenvalue weighted by Crippen LogP contribution is -2.24. The molecule has 0 fully saturated rings. The Balaban J connectivity index is 3.27. The number of hydrogen-bond acceptors (Lipinski definition) is 2. The molecule has 0 bridgehead atoms. The van der Waals surface area contributed by atoms with E-state index in [9.17, 15) is 4.79 Å². The van der Waals surface area contributed by atoms with Gasteiger partial charge in [0.2, 0.25) is 0 Å². The number of aromatic nitrogens is 2. The second-order valence-corrected chi connectivity index (χ2v) is 3.77. The number of hydrogen-bond donors (Lipinski definition) is 1. The second-order valence-electron chi connectivity index (χ2n) is 3.77. The predicted octanol–water partition coefficient (Wildman–Crippen LogP) is 1.61. The van der Waals surface area contributed by atoms with Gasteiger partial charge in [0.1, 0.15) is 5.69 Å². The number of rotatable bonds is 5. The first-order chi connectivity index (χ1) is 7.17. The van der Waals surface area contributed by atoms with Gasteiger partial charge < -0.3 is 5.73 Å². The minimum atomic E-state index is -0.0258. The van der Waals surface area contributed by atoms with Crippen LogP contribution in [0.3, 0.4) is 0 Å². The molecule has 0 amide bonds. The van der Waals surface area contributed by atoms with Crippen LogP contribution in [0, 0.1) is 0 Å². The maximum atomic E-state index is 11.9. The van der Waals surface area contributed by atoms with E-state index in [1.165, 1.54) is 0 Å². The van der Waals surface area contributed by atoms with Gasteiger partial charge in [0, 0.05) is 13.1 Å². The zero-order valence-electron chi connectivity index (χ0n) is 9.92. The summed E-state index contributed by atoms with van der Waals surface area (Å²) in [5, 5.41) is 0. The van der Waals surface area contributed by atoms with Gasteiger partial charge in [-0.25, -0.2) is 4.68 Å². The van der Waals surface area contributed by atoms with Gasteiger partial charge in [-0.1, -0.05) is 20.8 Å². The van der Waals surface area contributed by atoms with Crippen molar-refractivity contribution in [2.75, 3.05) is 5.73 Å². The van der Waals surface area contributed by atoms with E-state index in [0.717, 1.165) is 38.0 Å². The van der Waals surface area contributed by atoms with Gasteiger partial charge in [-0.3, -0.25) is 9.48 Å². The third kappa shape index (κ3) is 2.08. The minimum absolute atomic E-state index is 0.0258. The molecule has 0 aromatic carbocycles. The van der Waals surface area contributed by atoms with Gasteiger partial charge in [-0.05, 0) is 19.3 Å². The van der Waals surface area contributed by atoms with Gasteiger partial charge in [-0.2, -0.15) is 0 Å². The van der Waals surface area contributed by atoms with Crippen molar-refractivity contribution in [1.82, 2.24) is 9.36 Å². The molecule has 4 heteroatoms. The molecule has 0 saturated heterocycles. The Morgan fingerprint density at radius 2 is 1.60 bits per heavy atom. The van der Waals surface area contributed by atoms with Crippen LogP contribution in [0.1, 0.15) is 39.3 Å². The molecule has 0 aliphatic carbocycles. The molecule has 0 spiro atoms. The highest BCUT2D eigenvalue weighted by atomic mass is 16.1. The third-order valence-corrected chi connectivity index (χ3v) is 2.58. The molecule has 86 valence electrons. The van der Waals surface area contributed by atoms with Crippen molar-refractivity contribution in [1.29, 1.82) is 0 Å². The normalized spacial score (nSPS) is 10.9. The van der Waals surface area contributed by atoms with Crippen molar-refractivity contribution in [2.24, 2.45) is 0 Å². The summed E-state index contributed by atoms with van der Waals surface area (Å²) in [4.78, 5) is 11.9. The van der Waals surface area contributed by atoms with E-state index in [2.05, 4.69) is 13.8 Å². The van der Waals surface area contributed by atoms with Crippen LogP contribution in [0.2, 0.25) is 0 Å². The molecule has 1 rings (SSSR count). The van der Waals surface area contributed by atoms with Crippen LogP contribution in [-0.4, -0.2) is 9.36 Å². The van der Waals surface area contributed by atoms with Crippen molar-refractivity contribution in [3.8, 4) is 0 Å². The molecule has 0 radical (unpaired) electrons. The van der Waals surface area contributed by atoms with Crippen LogP contribution in [0.15, 0.2) is 4.79 Å². The van der Waals surface area contributed by atoms with Crippen LogP contribution in [0.4, 0.5) is 5.69 Å². The molecule has 0 aliphatic heterocycles. The number of anilines is 1. The second kappa shape index (κ2) is 5.05. The lowest BCUT2D eigenvalue weighted by atomic mass is 10.3. The molecule has 0 saturated carbocycles. The quantitative estimate of drug-likeness (QED) is 0.804.